The first-order valence-electron chi connectivity index (χ1n) is 7.02. The molecule has 0 radical (unpaired) electrons. The van der Waals surface area contributed by atoms with Gasteiger partial charge in [-0.2, -0.15) is 0 Å². The summed E-state index contributed by atoms with van der Waals surface area (Å²) < 4.78 is 5.07. The molecule has 0 fully saturated rings. The molecule has 2 aromatic rings. The molecule has 0 unspecified atom stereocenters. The molecule has 1 aliphatic rings. The van der Waals surface area contributed by atoms with E-state index >= 15 is 0 Å². The molecule has 0 saturated carbocycles. The summed E-state index contributed by atoms with van der Waals surface area (Å²) >= 11 is 5.92. The number of methoxy groups -OCH3 is 1. The van der Waals surface area contributed by atoms with Gasteiger partial charge in [-0.05, 0) is 29.8 Å². The third kappa shape index (κ3) is 2.83. The minimum absolute atomic E-state index is 0.138. The average Bonchev–Trinajstić information content (AvgIpc) is 2.82. The van der Waals surface area contributed by atoms with E-state index in [1.54, 1.807) is 30.3 Å². The number of fused-ring (bicyclic) bond motifs is 1. The Hall–Kier alpha value is -2.86. The summed E-state index contributed by atoms with van der Waals surface area (Å²) in [4.78, 5) is 41.3. The Balaban J connectivity index is 1.72. The number of benzene rings is 2. The van der Waals surface area contributed by atoms with Crippen LogP contribution in [0.3, 0.4) is 0 Å². The second kappa shape index (κ2) is 6.33. The third-order valence-corrected chi connectivity index (χ3v) is 3.83. The summed E-state index contributed by atoms with van der Waals surface area (Å²) in [6.45, 7) is 0. The molecular formula is C17H12ClNO5. The van der Waals surface area contributed by atoms with Gasteiger partial charge < -0.3 is 9.57 Å². The van der Waals surface area contributed by atoms with E-state index in [9.17, 15) is 14.4 Å². The molecule has 0 aromatic heterocycles. The van der Waals surface area contributed by atoms with E-state index in [4.69, 9.17) is 21.2 Å². The number of halogens is 1. The van der Waals surface area contributed by atoms with Crippen LogP contribution in [0.4, 0.5) is 0 Å². The predicted octanol–water partition coefficient (Wildman–Crippen LogP) is 2.65. The summed E-state index contributed by atoms with van der Waals surface area (Å²) in [5, 5.41) is 0.898. The van der Waals surface area contributed by atoms with E-state index in [0.29, 0.717) is 21.4 Å². The highest BCUT2D eigenvalue weighted by Crippen LogP contribution is 2.26. The van der Waals surface area contributed by atoms with Crippen LogP contribution in [0.5, 0.6) is 5.75 Å². The van der Waals surface area contributed by atoms with Gasteiger partial charge in [0, 0.05) is 0 Å². The van der Waals surface area contributed by atoms with Crippen LogP contribution in [0.1, 0.15) is 26.3 Å². The fraction of sp³-hybridized carbons (Fsp3) is 0.118. The molecule has 0 bridgehead atoms. The maximum Gasteiger partial charge on any atom is 0.337 e. The summed E-state index contributed by atoms with van der Waals surface area (Å²) in [6.07, 6.45) is -0.138. The van der Waals surface area contributed by atoms with Crippen LogP contribution < -0.4 is 4.74 Å². The van der Waals surface area contributed by atoms with E-state index in [0.717, 1.165) is 0 Å². The third-order valence-electron chi connectivity index (χ3n) is 3.51. The first-order valence-corrected chi connectivity index (χ1v) is 7.40. The van der Waals surface area contributed by atoms with Crippen molar-refractivity contribution in [3.05, 3.63) is 64.2 Å². The molecule has 122 valence electrons. The number of ether oxygens (including phenoxy) is 1. The van der Waals surface area contributed by atoms with Crippen LogP contribution >= 0.6 is 11.6 Å². The molecule has 2 aromatic carbocycles. The number of carbonyl (C=O) groups is 3. The second-order valence-corrected chi connectivity index (χ2v) is 5.47. The monoisotopic (exact) mass is 345 g/mol. The van der Waals surface area contributed by atoms with Gasteiger partial charge in [0.2, 0.25) is 0 Å². The van der Waals surface area contributed by atoms with Crippen molar-refractivity contribution in [2.45, 2.75) is 6.42 Å². The van der Waals surface area contributed by atoms with Gasteiger partial charge in [-0.25, -0.2) is 4.79 Å². The highest BCUT2D eigenvalue weighted by Gasteiger charge is 2.38. The molecule has 0 atom stereocenters. The van der Waals surface area contributed by atoms with Gasteiger partial charge in [-0.3, -0.25) is 9.59 Å². The first kappa shape index (κ1) is 16.0. The van der Waals surface area contributed by atoms with Gasteiger partial charge in [-0.1, -0.05) is 34.9 Å². The minimum atomic E-state index is -0.742. The number of hydrogen-bond donors (Lipinski definition) is 0. The Morgan fingerprint density at radius 2 is 1.71 bits per heavy atom. The smallest absolute Gasteiger partial charge is 0.337 e. The minimum Gasteiger partial charge on any atom is -0.495 e. The van der Waals surface area contributed by atoms with Crippen molar-refractivity contribution in [3.63, 3.8) is 0 Å². The lowest BCUT2D eigenvalue weighted by Gasteiger charge is -2.13. The molecule has 7 heteroatoms. The zero-order valence-electron chi connectivity index (χ0n) is 12.6. The lowest BCUT2D eigenvalue weighted by Crippen LogP contribution is -2.33. The summed E-state index contributed by atoms with van der Waals surface area (Å²) in [5.74, 6) is -1.63. The molecule has 0 saturated heterocycles. The van der Waals surface area contributed by atoms with Gasteiger partial charge >= 0.3 is 5.97 Å². The van der Waals surface area contributed by atoms with Gasteiger partial charge in [0.1, 0.15) is 5.75 Å². The van der Waals surface area contributed by atoms with E-state index in [2.05, 4.69) is 0 Å². The average molecular weight is 346 g/mol. The quantitative estimate of drug-likeness (QED) is 0.796. The maximum atomic E-state index is 12.1. The van der Waals surface area contributed by atoms with Crippen molar-refractivity contribution in [2.75, 3.05) is 7.11 Å². The number of hydrogen-bond acceptors (Lipinski definition) is 5. The molecule has 0 N–H and O–H groups in total. The summed E-state index contributed by atoms with van der Waals surface area (Å²) in [7, 11) is 1.46. The van der Waals surface area contributed by atoms with E-state index < -0.39 is 17.8 Å². The SMILES string of the molecule is COc1cc(CC(=O)ON2C(=O)c3ccccc3C2=O)ccc1Cl. The molecule has 3 rings (SSSR count). The zero-order valence-corrected chi connectivity index (χ0v) is 13.4. The van der Waals surface area contributed by atoms with Gasteiger partial charge in [0.05, 0.1) is 29.7 Å². The van der Waals surface area contributed by atoms with Crippen molar-refractivity contribution in [2.24, 2.45) is 0 Å². The number of hydroxylamine groups is 2. The topological polar surface area (TPSA) is 72.9 Å². The molecule has 1 aliphatic heterocycles. The van der Waals surface area contributed by atoms with Crippen molar-refractivity contribution < 1.29 is 24.0 Å². The van der Waals surface area contributed by atoms with E-state index in [1.807, 2.05) is 0 Å². The first-order chi connectivity index (χ1) is 11.5. The van der Waals surface area contributed by atoms with Crippen LogP contribution in [0.2, 0.25) is 5.02 Å². The Bertz CT molecular complexity index is 814. The zero-order chi connectivity index (χ0) is 17.3. The van der Waals surface area contributed by atoms with Crippen LogP contribution in [0.25, 0.3) is 0 Å². The van der Waals surface area contributed by atoms with Gasteiger partial charge in [0.25, 0.3) is 11.8 Å². The number of imide groups is 1. The normalized spacial score (nSPS) is 13.0. The fourth-order valence-corrected chi connectivity index (χ4v) is 2.56. The summed E-state index contributed by atoms with van der Waals surface area (Å²) in [5.41, 5.74) is 1.00. The molecular weight excluding hydrogens is 334 g/mol. The standard InChI is InChI=1S/C17H12ClNO5/c1-23-14-8-10(6-7-13(14)18)9-15(20)24-19-16(21)11-4-2-3-5-12(11)17(19)22/h2-8H,9H2,1H3. The number of rotatable bonds is 4. The van der Waals surface area contributed by atoms with E-state index in [1.165, 1.54) is 19.2 Å². The van der Waals surface area contributed by atoms with Crippen LogP contribution in [0, 0.1) is 0 Å². The van der Waals surface area contributed by atoms with Crippen LogP contribution in [-0.2, 0) is 16.1 Å². The van der Waals surface area contributed by atoms with Gasteiger partial charge in [-0.15, -0.1) is 0 Å². The largest absolute Gasteiger partial charge is 0.495 e. The number of nitrogens with zero attached hydrogens (tertiary/aromatic N) is 1. The highest BCUT2D eigenvalue weighted by atomic mass is 35.5. The lowest BCUT2D eigenvalue weighted by molar-refractivity contribution is -0.167. The molecule has 0 spiro atoms. The van der Waals surface area contributed by atoms with Crippen LogP contribution in [-0.4, -0.2) is 30.0 Å². The fourth-order valence-electron chi connectivity index (χ4n) is 2.36. The van der Waals surface area contributed by atoms with Crippen LogP contribution in [0.15, 0.2) is 42.5 Å². The second-order valence-electron chi connectivity index (χ2n) is 5.06. The Labute approximate surface area is 142 Å². The Morgan fingerprint density at radius 3 is 2.29 bits per heavy atom. The van der Waals surface area contributed by atoms with Crippen molar-refractivity contribution in [1.29, 1.82) is 0 Å². The van der Waals surface area contributed by atoms with Crippen molar-refractivity contribution >= 4 is 29.4 Å². The van der Waals surface area contributed by atoms with Crippen molar-refractivity contribution in [3.8, 4) is 5.75 Å². The molecule has 2 amide bonds. The predicted molar refractivity (Wildman–Crippen MR) is 84.7 cm³/mol. The van der Waals surface area contributed by atoms with E-state index in [-0.39, 0.29) is 17.5 Å². The maximum absolute atomic E-state index is 12.1. The Kier molecular flexibility index (Phi) is 4.22. The Morgan fingerprint density at radius 1 is 1.08 bits per heavy atom. The lowest BCUT2D eigenvalue weighted by atomic mass is 10.1. The highest BCUT2D eigenvalue weighted by molar-refractivity contribution is 6.32. The van der Waals surface area contributed by atoms with Crippen molar-refractivity contribution in [1.82, 2.24) is 5.06 Å². The number of carbonyl (C=O) groups excluding carboxylic acids is 3. The number of amides is 2. The molecule has 24 heavy (non-hydrogen) atoms. The van der Waals surface area contributed by atoms with Gasteiger partial charge in [0.15, 0.2) is 0 Å². The molecule has 6 nitrogen and oxygen atoms in total. The molecule has 1 heterocycles. The summed E-state index contributed by atoms with van der Waals surface area (Å²) in [6, 6.07) is 11.1. The molecule has 0 aliphatic carbocycles.